The van der Waals surface area contributed by atoms with Crippen molar-refractivity contribution in [2.75, 3.05) is 0 Å². The number of hydrogen-bond donors (Lipinski definition) is 0. The summed E-state index contributed by atoms with van der Waals surface area (Å²) in [5, 5.41) is 0. The lowest BCUT2D eigenvalue weighted by Gasteiger charge is -2.11. The fourth-order valence-electron chi connectivity index (χ4n) is 0.612. The molecule has 0 rings (SSSR count). The predicted molar refractivity (Wildman–Crippen MR) is 34.0 cm³/mol. The van der Waals surface area contributed by atoms with E-state index in [1.807, 2.05) is 0 Å². The zero-order valence-corrected chi connectivity index (χ0v) is 5.41. The Hall–Kier alpha value is 0. The third-order valence-corrected chi connectivity index (χ3v) is 1.27. The molecule has 0 saturated carbocycles. The van der Waals surface area contributed by atoms with Gasteiger partial charge >= 0.3 is 0 Å². The molecule has 0 radical (unpaired) electrons. The lowest BCUT2D eigenvalue weighted by molar-refractivity contribution is 0.559. The highest BCUT2D eigenvalue weighted by atomic mass is 14.0. The first-order valence-corrected chi connectivity index (χ1v) is 3.14. The Morgan fingerprint density at radius 2 is 2.00 bits per heavy atom. The van der Waals surface area contributed by atoms with Crippen LogP contribution in [-0.4, -0.2) is 0 Å². The maximum absolute atomic E-state index is 3.95. The Labute approximate surface area is 46.9 Å². The van der Waals surface area contributed by atoms with Crippen molar-refractivity contribution in [2.24, 2.45) is 5.92 Å². The van der Waals surface area contributed by atoms with Gasteiger partial charge in [0.25, 0.3) is 0 Å². The molecule has 0 amide bonds. The van der Waals surface area contributed by atoms with Gasteiger partial charge in [-0.3, -0.25) is 0 Å². The smallest absolute Gasteiger partial charge is 0.0584 e. The summed E-state index contributed by atoms with van der Waals surface area (Å²) >= 11 is 0. The van der Waals surface area contributed by atoms with Gasteiger partial charge in [-0.15, -0.1) is 0 Å². The standard InChI is InChI=1S/C7H15/c1-4-6-7(3)5-2/h7H,3-6H2,1-2H3/q-1. The summed E-state index contributed by atoms with van der Waals surface area (Å²) < 4.78 is 0. The van der Waals surface area contributed by atoms with Gasteiger partial charge < -0.3 is 6.92 Å². The molecule has 0 saturated heterocycles. The summed E-state index contributed by atoms with van der Waals surface area (Å²) in [6.45, 7) is 8.34. The monoisotopic (exact) mass is 99.1 g/mol. The minimum absolute atomic E-state index is 0.699. The lowest BCUT2D eigenvalue weighted by Crippen LogP contribution is -1.88. The molecule has 1 unspecified atom stereocenters. The predicted octanol–water partition coefficient (Wildman–Crippen LogP) is 2.65. The van der Waals surface area contributed by atoms with E-state index < -0.39 is 0 Å². The fourth-order valence-corrected chi connectivity index (χ4v) is 0.612. The normalized spacial score (nSPS) is 14.1. The molecule has 0 heterocycles. The van der Waals surface area contributed by atoms with Gasteiger partial charge in [0.15, 0.2) is 0 Å². The van der Waals surface area contributed by atoms with Crippen LogP contribution in [0.5, 0.6) is 0 Å². The van der Waals surface area contributed by atoms with Crippen molar-refractivity contribution in [1.82, 2.24) is 0 Å². The van der Waals surface area contributed by atoms with Crippen molar-refractivity contribution in [2.45, 2.75) is 33.1 Å². The largest absolute Gasteiger partial charge is 0.340 e. The maximum Gasteiger partial charge on any atom is -0.0584 e. The quantitative estimate of drug-likeness (QED) is 0.477. The first-order valence-electron chi connectivity index (χ1n) is 3.14. The summed E-state index contributed by atoms with van der Waals surface area (Å²) in [6, 6.07) is 0. The van der Waals surface area contributed by atoms with E-state index in [1.165, 1.54) is 19.3 Å². The minimum atomic E-state index is 0.699. The van der Waals surface area contributed by atoms with Crippen molar-refractivity contribution in [1.29, 1.82) is 0 Å². The molecular weight excluding hydrogens is 84.1 g/mol. The van der Waals surface area contributed by atoms with Crippen LogP contribution in [0.4, 0.5) is 0 Å². The molecule has 44 valence electrons. The molecule has 0 N–H and O–H groups in total. The van der Waals surface area contributed by atoms with Crippen LogP contribution >= 0.6 is 0 Å². The van der Waals surface area contributed by atoms with Gasteiger partial charge in [-0.2, -0.15) is 5.92 Å². The van der Waals surface area contributed by atoms with Gasteiger partial charge in [-0.25, -0.2) is 0 Å². The van der Waals surface area contributed by atoms with E-state index in [2.05, 4.69) is 20.8 Å². The average Bonchev–Trinajstić information content (AvgIpc) is 1.68. The Bertz CT molecular complexity index is 31.0. The first kappa shape index (κ1) is 7.00. The SMILES string of the molecule is [CH2-]C(CC)CCC. The number of hydrogen-bond acceptors (Lipinski definition) is 0. The molecule has 0 bridgehead atoms. The van der Waals surface area contributed by atoms with Crippen molar-refractivity contribution < 1.29 is 0 Å². The summed E-state index contributed by atoms with van der Waals surface area (Å²) in [7, 11) is 0. The van der Waals surface area contributed by atoms with E-state index in [1.54, 1.807) is 0 Å². The van der Waals surface area contributed by atoms with Crippen LogP contribution in [0.1, 0.15) is 33.1 Å². The second-order valence-corrected chi connectivity index (χ2v) is 2.06. The maximum atomic E-state index is 3.95. The van der Waals surface area contributed by atoms with Crippen LogP contribution < -0.4 is 0 Å². The van der Waals surface area contributed by atoms with Crippen LogP contribution in [0.25, 0.3) is 0 Å². The summed E-state index contributed by atoms with van der Waals surface area (Å²) in [5.74, 6) is 0.699. The van der Waals surface area contributed by atoms with Crippen LogP contribution in [-0.2, 0) is 0 Å². The second kappa shape index (κ2) is 4.17. The van der Waals surface area contributed by atoms with Gasteiger partial charge in [0.1, 0.15) is 0 Å². The van der Waals surface area contributed by atoms with Crippen molar-refractivity contribution in [3.8, 4) is 0 Å². The highest BCUT2D eigenvalue weighted by molar-refractivity contribution is 4.55. The molecule has 0 heteroatoms. The van der Waals surface area contributed by atoms with E-state index in [0.717, 1.165) is 0 Å². The van der Waals surface area contributed by atoms with Gasteiger partial charge in [-0.05, 0) is 0 Å². The third-order valence-electron chi connectivity index (χ3n) is 1.27. The van der Waals surface area contributed by atoms with Gasteiger partial charge in [-0.1, -0.05) is 33.1 Å². The van der Waals surface area contributed by atoms with E-state index in [-0.39, 0.29) is 0 Å². The number of rotatable bonds is 3. The molecular formula is C7H15-. The Kier molecular flexibility index (Phi) is 4.17. The minimum Gasteiger partial charge on any atom is -0.340 e. The first-order chi connectivity index (χ1) is 3.31. The molecule has 0 nitrogen and oxygen atoms in total. The van der Waals surface area contributed by atoms with Crippen LogP contribution in [0.2, 0.25) is 0 Å². The van der Waals surface area contributed by atoms with Crippen molar-refractivity contribution >= 4 is 0 Å². The Morgan fingerprint density at radius 1 is 1.43 bits per heavy atom. The van der Waals surface area contributed by atoms with Crippen LogP contribution in [0, 0.1) is 12.8 Å². The molecule has 0 aliphatic heterocycles. The van der Waals surface area contributed by atoms with E-state index in [4.69, 9.17) is 0 Å². The highest BCUT2D eigenvalue weighted by Crippen LogP contribution is 2.06. The van der Waals surface area contributed by atoms with Crippen LogP contribution in [0.15, 0.2) is 0 Å². The Balaban J connectivity index is 2.83. The van der Waals surface area contributed by atoms with Gasteiger partial charge in [0.2, 0.25) is 0 Å². The van der Waals surface area contributed by atoms with E-state index in [0.29, 0.717) is 5.92 Å². The second-order valence-electron chi connectivity index (χ2n) is 2.06. The Morgan fingerprint density at radius 3 is 2.14 bits per heavy atom. The van der Waals surface area contributed by atoms with Crippen molar-refractivity contribution in [3.63, 3.8) is 0 Å². The molecule has 7 heavy (non-hydrogen) atoms. The molecule has 1 atom stereocenters. The summed E-state index contributed by atoms with van der Waals surface area (Å²) in [6.07, 6.45) is 3.80. The van der Waals surface area contributed by atoms with Gasteiger partial charge in [0.05, 0.1) is 0 Å². The molecule has 0 aliphatic rings. The van der Waals surface area contributed by atoms with Crippen LogP contribution in [0.3, 0.4) is 0 Å². The topological polar surface area (TPSA) is 0 Å². The zero-order chi connectivity index (χ0) is 5.70. The lowest BCUT2D eigenvalue weighted by atomic mass is 10.0. The van der Waals surface area contributed by atoms with E-state index in [9.17, 15) is 0 Å². The molecule has 0 aromatic carbocycles. The van der Waals surface area contributed by atoms with Gasteiger partial charge in [0, 0.05) is 0 Å². The third kappa shape index (κ3) is 3.84. The molecule has 0 aromatic rings. The highest BCUT2D eigenvalue weighted by Gasteiger charge is 1.84. The molecule has 0 spiro atoms. The van der Waals surface area contributed by atoms with Crippen molar-refractivity contribution in [3.05, 3.63) is 6.92 Å². The fraction of sp³-hybridized carbons (Fsp3) is 0.857. The van der Waals surface area contributed by atoms with E-state index >= 15 is 0 Å². The average molecular weight is 99.2 g/mol. The molecule has 0 aromatic heterocycles. The molecule has 0 fully saturated rings. The summed E-state index contributed by atoms with van der Waals surface area (Å²) in [4.78, 5) is 0. The summed E-state index contributed by atoms with van der Waals surface area (Å²) in [5.41, 5.74) is 0. The molecule has 0 aliphatic carbocycles. The zero-order valence-electron chi connectivity index (χ0n) is 5.41.